The minimum absolute atomic E-state index is 0.0559. The van der Waals surface area contributed by atoms with Gasteiger partial charge < -0.3 is 29.2 Å². The number of aliphatic hydroxyl groups is 2. The van der Waals surface area contributed by atoms with Crippen molar-refractivity contribution in [1.29, 1.82) is 0 Å². The van der Waals surface area contributed by atoms with E-state index in [1.54, 1.807) is 32.9 Å². The van der Waals surface area contributed by atoms with Gasteiger partial charge in [0.25, 0.3) is 0 Å². The van der Waals surface area contributed by atoms with E-state index in [9.17, 15) is 29.4 Å². The molecule has 8 fully saturated rings. The van der Waals surface area contributed by atoms with Gasteiger partial charge in [0.15, 0.2) is 40.1 Å². The minimum atomic E-state index is -2.30. The van der Waals surface area contributed by atoms with Crippen molar-refractivity contribution in [3.63, 3.8) is 0 Å². The quantitative estimate of drug-likeness (QED) is 0.226. The van der Waals surface area contributed by atoms with Gasteiger partial charge >= 0.3 is 11.9 Å². The van der Waals surface area contributed by atoms with Crippen LogP contribution in [0, 0.1) is 34.5 Å². The van der Waals surface area contributed by atoms with Gasteiger partial charge in [0.2, 0.25) is 5.79 Å². The summed E-state index contributed by atoms with van der Waals surface area (Å²) in [6, 6.07) is 0. The monoisotopic (exact) mass is 558 g/mol. The Labute approximate surface area is 228 Å². The number of rotatable bonds is 0. The summed E-state index contributed by atoms with van der Waals surface area (Å²) in [6.45, 7) is 4.84. The summed E-state index contributed by atoms with van der Waals surface area (Å²) in [5.41, 5.74) is -9.90. The van der Waals surface area contributed by atoms with E-state index in [0.29, 0.717) is 0 Å². The first kappa shape index (κ1) is 24.4. The van der Waals surface area contributed by atoms with Crippen LogP contribution in [-0.2, 0) is 47.9 Å². The number of esters is 2. The van der Waals surface area contributed by atoms with Crippen LogP contribution in [-0.4, -0.2) is 86.8 Å². The summed E-state index contributed by atoms with van der Waals surface area (Å²) in [4.78, 5) is 67.1. The van der Waals surface area contributed by atoms with E-state index in [2.05, 4.69) is 0 Å². The van der Waals surface area contributed by atoms with Gasteiger partial charge in [-0.1, -0.05) is 6.92 Å². The van der Waals surface area contributed by atoms with Gasteiger partial charge in [-0.25, -0.2) is 14.6 Å². The van der Waals surface area contributed by atoms with Crippen LogP contribution in [0.15, 0.2) is 12.2 Å². The number of fused-ring (bicyclic) bond motifs is 4. The van der Waals surface area contributed by atoms with Gasteiger partial charge in [0.05, 0.1) is 30.0 Å². The fourth-order valence-corrected chi connectivity index (χ4v) is 10.9. The van der Waals surface area contributed by atoms with Crippen molar-refractivity contribution < 1.29 is 58.1 Å². The summed E-state index contributed by atoms with van der Waals surface area (Å²) in [6.07, 6.45) is 0.0468. The normalized spacial score (nSPS) is 63.7. The highest BCUT2D eigenvalue weighted by Gasteiger charge is 2.93. The SMILES string of the molecule is C[C@@]12C[C@@H]3OC(=O)[C@@H]1COC14O[C@]5(C2C1=O)[C@@](O)(CCC1C4C[C@@H](O)[C@@]24C=C[C@@H](OO2)C(=O)[C@]14C)C(=O)O[C@@]35C. The van der Waals surface area contributed by atoms with Crippen molar-refractivity contribution in [1.82, 2.24) is 0 Å². The predicted octanol–water partition coefficient (Wildman–Crippen LogP) is -0.329. The molecule has 0 amide bonds. The number of ketones is 2. The lowest BCUT2D eigenvalue weighted by Crippen LogP contribution is -2.80. The van der Waals surface area contributed by atoms with Gasteiger partial charge in [-0.05, 0) is 63.0 Å². The molecule has 7 aliphatic heterocycles. The Balaban J connectivity index is 1.33. The number of Topliss-reactive ketones (excluding diaryl/α,β-unsaturated/α-hetero) is 2. The molecule has 7 heterocycles. The lowest BCUT2D eigenvalue weighted by Gasteiger charge is -2.65. The third kappa shape index (κ3) is 1.96. The third-order valence-electron chi connectivity index (χ3n) is 12.9. The minimum Gasteiger partial charge on any atom is -0.458 e. The predicted molar refractivity (Wildman–Crippen MR) is 124 cm³/mol. The van der Waals surface area contributed by atoms with E-state index in [4.69, 9.17) is 28.7 Å². The second-order valence-corrected chi connectivity index (χ2v) is 14.0. The number of aliphatic hydroxyl groups excluding tert-OH is 1. The number of hydrogen-bond acceptors (Lipinski definition) is 12. The Bertz CT molecular complexity index is 1390. The summed E-state index contributed by atoms with van der Waals surface area (Å²) < 4.78 is 25.1. The average molecular weight is 559 g/mol. The van der Waals surface area contributed by atoms with Crippen molar-refractivity contribution in [2.24, 2.45) is 34.5 Å². The third-order valence-corrected chi connectivity index (χ3v) is 12.9. The molecular weight excluding hydrogens is 528 g/mol. The lowest BCUT2D eigenvalue weighted by molar-refractivity contribution is -0.441. The highest BCUT2D eigenvalue weighted by atomic mass is 17.2. The van der Waals surface area contributed by atoms with Gasteiger partial charge in [-0.2, -0.15) is 0 Å². The van der Waals surface area contributed by atoms with Crippen molar-refractivity contribution in [3.8, 4) is 0 Å². The van der Waals surface area contributed by atoms with Crippen LogP contribution in [0.1, 0.15) is 46.5 Å². The van der Waals surface area contributed by atoms with E-state index < -0.39 is 98.7 Å². The molecule has 3 aliphatic carbocycles. The fraction of sp³-hybridized carbons (Fsp3) is 0.786. The molecule has 6 saturated heterocycles. The van der Waals surface area contributed by atoms with Crippen LogP contribution in [0.3, 0.4) is 0 Å². The van der Waals surface area contributed by atoms with E-state index >= 15 is 0 Å². The number of hydrogen-bond donors (Lipinski definition) is 2. The first-order valence-electron chi connectivity index (χ1n) is 14.1. The number of carbonyl (C=O) groups is 4. The van der Waals surface area contributed by atoms with E-state index in [1.165, 1.54) is 0 Å². The molecule has 12 nitrogen and oxygen atoms in total. The van der Waals surface area contributed by atoms with Crippen LogP contribution in [0.4, 0.5) is 0 Å². The van der Waals surface area contributed by atoms with Crippen LogP contribution >= 0.6 is 0 Å². The topological polar surface area (TPSA) is 164 Å². The maximum absolute atomic E-state index is 15.0. The van der Waals surface area contributed by atoms with Crippen molar-refractivity contribution in [2.75, 3.05) is 6.61 Å². The Morgan fingerprint density at radius 1 is 1.05 bits per heavy atom. The maximum Gasteiger partial charge on any atom is 0.342 e. The smallest absolute Gasteiger partial charge is 0.342 e. The van der Waals surface area contributed by atoms with Gasteiger partial charge in [0, 0.05) is 5.92 Å². The largest absolute Gasteiger partial charge is 0.458 e. The molecule has 10 aliphatic rings. The zero-order chi connectivity index (χ0) is 28.0. The van der Waals surface area contributed by atoms with Gasteiger partial charge in [-0.15, -0.1) is 0 Å². The molecule has 2 saturated carbocycles. The first-order valence-corrected chi connectivity index (χ1v) is 14.1. The summed E-state index contributed by atoms with van der Waals surface area (Å²) in [5.74, 6) is -8.03. The molecule has 12 heteroatoms. The molecule has 10 rings (SSSR count). The Hall–Kier alpha value is -2.22. The molecule has 214 valence electrons. The zero-order valence-electron chi connectivity index (χ0n) is 22.2. The Kier molecular flexibility index (Phi) is 3.90. The van der Waals surface area contributed by atoms with E-state index in [-0.39, 0.29) is 38.1 Å². The second-order valence-electron chi connectivity index (χ2n) is 14.0. The highest BCUT2D eigenvalue weighted by molar-refractivity contribution is 6.00. The van der Waals surface area contributed by atoms with Crippen LogP contribution < -0.4 is 0 Å². The highest BCUT2D eigenvalue weighted by Crippen LogP contribution is 2.75. The molecule has 40 heavy (non-hydrogen) atoms. The Morgan fingerprint density at radius 2 is 1.82 bits per heavy atom. The molecule has 0 aromatic carbocycles. The summed E-state index contributed by atoms with van der Waals surface area (Å²) in [7, 11) is 0. The number of ether oxygens (including phenoxy) is 4. The second kappa shape index (κ2) is 6.40. The maximum atomic E-state index is 15.0. The molecule has 4 unspecified atom stereocenters. The van der Waals surface area contributed by atoms with Crippen molar-refractivity contribution >= 4 is 23.5 Å². The van der Waals surface area contributed by atoms with E-state index in [1.807, 2.05) is 0 Å². The summed E-state index contributed by atoms with van der Waals surface area (Å²) >= 11 is 0. The Morgan fingerprint density at radius 3 is 2.55 bits per heavy atom. The first-order chi connectivity index (χ1) is 18.8. The lowest BCUT2D eigenvalue weighted by atomic mass is 9.46. The molecule has 0 aromatic heterocycles. The molecule has 14 atom stereocenters. The summed E-state index contributed by atoms with van der Waals surface area (Å²) in [5, 5.41) is 24.1. The fourth-order valence-electron chi connectivity index (χ4n) is 10.9. The molecule has 3 spiro atoms. The van der Waals surface area contributed by atoms with Crippen LogP contribution in [0.25, 0.3) is 0 Å². The van der Waals surface area contributed by atoms with Gasteiger partial charge in [-0.3, -0.25) is 14.4 Å². The standard InChI is InChI=1S/C28H30O12/c1-22-9-16-24(3)28-17(22)19(31)27(39-28,35-10-13(22)20(32)36-16)12-8-15(29)26-7-5-14(38-40-26)18(30)23(26,2)11(12)4-6-25(28,34)21(33)37-24/h5,7,11-17,29,34H,4,6,8-10H2,1-3H3/t11?,12?,13-,14+,15+,16-,17?,22+,23-,24-,25+,26+,27?,28-/m0/s1. The molecule has 0 radical (unpaired) electrons. The average Bonchev–Trinajstić information content (AvgIpc) is 3.23. The number of carbonyl (C=O) groups excluding carboxylic acids is 4. The van der Waals surface area contributed by atoms with Crippen molar-refractivity contribution in [2.45, 2.75) is 93.0 Å². The van der Waals surface area contributed by atoms with Crippen LogP contribution in [0.2, 0.25) is 0 Å². The van der Waals surface area contributed by atoms with Crippen molar-refractivity contribution in [3.05, 3.63) is 12.2 Å². The molecular formula is C28H30O12. The zero-order valence-corrected chi connectivity index (χ0v) is 22.2. The van der Waals surface area contributed by atoms with E-state index in [0.717, 1.165) is 0 Å². The molecule has 2 N–H and O–H groups in total. The molecule has 0 aromatic rings. The molecule has 7 bridgehead atoms. The van der Waals surface area contributed by atoms with Crippen LogP contribution in [0.5, 0.6) is 0 Å². The van der Waals surface area contributed by atoms with Gasteiger partial charge in [0.1, 0.15) is 6.10 Å².